The number of hydrogen-bond donors (Lipinski definition) is 1. The van der Waals surface area contributed by atoms with E-state index in [1.54, 1.807) is 6.07 Å². The number of esters is 1. The van der Waals surface area contributed by atoms with Gasteiger partial charge in [-0.05, 0) is 69.5 Å². The van der Waals surface area contributed by atoms with E-state index < -0.39 is 5.97 Å². The van der Waals surface area contributed by atoms with E-state index in [1.165, 1.54) is 30.2 Å². The van der Waals surface area contributed by atoms with Crippen LogP contribution in [0.5, 0.6) is 5.75 Å². The molecule has 2 heterocycles. The smallest absolute Gasteiger partial charge is 0.341 e. The van der Waals surface area contributed by atoms with Crippen LogP contribution < -0.4 is 10.1 Å². The number of ether oxygens (including phenoxy) is 2. The van der Waals surface area contributed by atoms with Gasteiger partial charge in [-0.1, -0.05) is 47.1 Å². The van der Waals surface area contributed by atoms with Crippen LogP contribution in [0.3, 0.4) is 0 Å². The Labute approximate surface area is 247 Å². The maximum atomic E-state index is 13.0. The van der Waals surface area contributed by atoms with Crippen LogP contribution in [0.4, 0.5) is 5.00 Å². The van der Waals surface area contributed by atoms with Crippen LogP contribution in [0.25, 0.3) is 11.1 Å². The summed E-state index contributed by atoms with van der Waals surface area (Å²) in [6, 6.07) is 11.5. The SMILES string of the molecule is CCn1c(SCC(=O)Nc2scc(-c3cc(C)ccc3C)c2C(=O)OC)nnc1C(C)Oc1ccc(Cl)cc1C. The Kier molecular flexibility index (Phi) is 9.55. The first-order valence-electron chi connectivity index (χ1n) is 12.7. The van der Waals surface area contributed by atoms with E-state index in [0.717, 1.165) is 27.8 Å². The van der Waals surface area contributed by atoms with E-state index >= 15 is 0 Å². The molecule has 1 unspecified atom stereocenters. The molecule has 0 fully saturated rings. The minimum Gasteiger partial charge on any atom is -0.482 e. The summed E-state index contributed by atoms with van der Waals surface area (Å²) in [6.45, 7) is 10.4. The van der Waals surface area contributed by atoms with Crippen molar-refractivity contribution < 1.29 is 19.1 Å². The molecule has 0 spiro atoms. The zero-order valence-electron chi connectivity index (χ0n) is 23.2. The zero-order chi connectivity index (χ0) is 29.0. The average molecular weight is 599 g/mol. The highest BCUT2D eigenvalue weighted by Gasteiger charge is 2.24. The summed E-state index contributed by atoms with van der Waals surface area (Å²) in [5, 5.41) is 15.1. The summed E-state index contributed by atoms with van der Waals surface area (Å²) in [7, 11) is 1.34. The number of aryl methyl sites for hydroxylation is 3. The van der Waals surface area contributed by atoms with Gasteiger partial charge in [-0.3, -0.25) is 4.79 Å². The monoisotopic (exact) mass is 598 g/mol. The van der Waals surface area contributed by atoms with Gasteiger partial charge in [0, 0.05) is 22.5 Å². The minimum absolute atomic E-state index is 0.0843. The Hall–Kier alpha value is -3.34. The number of carbonyl (C=O) groups excluding carboxylic acids is 2. The number of carbonyl (C=O) groups is 2. The van der Waals surface area contributed by atoms with Crippen molar-refractivity contribution in [2.24, 2.45) is 0 Å². The van der Waals surface area contributed by atoms with Gasteiger partial charge < -0.3 is 19.4 Å². The number of amides is 1. The molecule has 0 radical (unpaired) electrons. The van der Waals surface area contributed by atoms with E-state index in [1.807, 2.05) is 74.9 Å². The van der Waals surface area contributed by atoms with Gasteiger partial charge in [0.15, 0.2) is 17.1 Å². The highest BCUT2D eigenvalue weighted by Crippen LogP contribution is 2.38. The molecule has 0 saturated heterocycles. The topological polar surface area (TPSA) is 95.3 Å². The number of rotatable bonds is 10. The Morgan fingerprint density at radius 1 is 1.10 bits per heavy atom. The van der Waals surface area contributed by atoms with Crippen molar-refractivity contribution in [2.75, 3.05) is 18.2 Å². The average Bonchev–Trinajstić information content (AvgIpc) is 3.53. The molecule has 2 aromatic heterocycles. The summed E-state index contributed by atoms with van der Waals surface area (Å²) in [5.74, 6) is 0.692. The maximum absolute atomic E-state index is 13.0. The quantitative estimate of drug-likeness (QED) is 0.152. The van der Waals surface area contributed by atoms with Gasteiger partial charge >= 0.3 is 5.97 Å². The number of thioether (sulfide) groups is 1. The molecule has 40 heavy (non-hydrogen) atoms. The first-order chi connectivity index (χ1) is 19.1. The molecule has 2 aromatic carbocycles. The van der Waals surface area contributed by atoms with Crippen LogP contribution in [0.15, 0.2) is 46.9 Å². The van der Waals surface area contributed by atoms with E-state index in [9.17, 15) is 9.59 Å². The number of methoxy groups -OCH3 is 1. The van der Waals surface area contributed by atoms with Gasteiger partial charge in [-0.2, -0.15) is 0 Å². The predicted octanol–water partition coefficient (Wildman–Crippen LogP) is 7.26. The largest absolute Gasteiger partial charge is 0.482 e. The molecule has 0 saturated carbocycles. The Bertz CT molecular complexity index is 1550. The first-order valence-corrected chi connectivity index (χ1v) is 14.9. The summed E-state index contributed by atoms with van der Waals surface area (Å²) in [6.07, 6.45) is -0.368. The van der Waals surface area contributed by atoms with Gasteiger partial charge in [0.2, 0.25) is 5.91 Å². The zero-order valence-corrected chi connectivity index (χ0v) is 25.6. The highest BCUT2D eigenvalue weighted by molar-refractivity contribution is 7.99. The van der Waals surface area contributed by atoms with Gasteiger partial charge in [-0.15, -0.1) is 21.5 Å². The maximum Gasteiger partial charge on any atom is 0.341 e. The van der Waals surface area contributed by atoms with Gasteiger partial charge in [-0.25, -0.2) is 4.79 Å². The number of aromatic nitrogens is 3. The number of thiophene rings is 1. The standard InChI is InChI=1S/C29H31ClN4O4S2/c1-7-34-26(19(5)38-23-11-10-20(30)13-18(23)4)32-33-29(34)40-15-24(35)31-27-25(28(36)37-6)22(14-39-27)21-12-16(2)8-9-17(21)3/h8-14,19H,7,15H2,1-6H3,(H,31,35). The third kappa shape index (κ3) is 6.51. The van der Waals surface area contributed by atoms with Crippen LogP contribution in [0.1, 0.15) is 52.8 Å². The molecule has 0 aliphatic rings. The minimum atomic E-state index is -0.500. The molecule has 8 nitrogen and oxygen atoms in total. The Balaban J connectivity index is 1.48. The second-order valence-corrected chi connectivity index (χ2v) is 11.5. The molecule has 1 atom stereocenters. The van der Waals surface area contributed by atoms with Gasteiger partial charge in [0.25, 0.3) is 0 Å². The van der Waals surface area contributed by atoms with Crippen molar-refractivity contribution in [3.8, 4) is 16.9 Å². The summed E-state index contributed by atoms with van der Waals surface area (Å²) < 4.78 is 13.1. The highest BCUT2D eigenvalue weighted by atomic mass is 35.5. The van der Waals surface area contributed by atoms with Crippen molar-refractivity contribution in [2.45, 2.75) is 52.4 Å². The fourth-order valence-corrected chi connectivity index (χ4v) is 6.27. The van der Waals surface area contributed by atoms with Crippen LogP contribution in [-0.4, -0.2) is 39.5 Å². The summed E-state index contributed by atoms with van der Waals surface area (Å²) >= 11 is 8.63. The molecule has 11 heteroatoms. The Morgan fingerprint density at radius 2 is 1.88 bits per heavy atom. The fourth-order valence-electron chi connectivity index (χ4n) is 4.26. The van der Waals surface area contributed by atoms with Crippen LogP contribution in [0.2, 0.25) is 5.02 Å². The number of nitrogens with one attached hydrogen (secondary N) is 1. The van der Waals surface area contributed by atoms with Crippen LogP contribution >= 0.6 is 34.7 Å². The molecule has 210 valence electrons. The van der Waals surface area contributed by atoms with Crippen molar-refractivity contribution in [1.82, 2.24) is 14.8 Å². The summed E-state index contributed by atoms with van der Waals surface area (Å²) in [4.78, 5) is 25.7. The van der Waals surface area contributed by atoms with E-state index in [4.69, 9.17) is 21.1 Å². The number of halogens is 1. The molecule has 4 rings (SSSR count). The fraction of sp³-hybridized carbons (Fsp3) is 0.310. The molecule has 0 bridgehead atoms. The summed E-state index contributed by atoms with van der Waals surface area (Å²) in [5.41, 5.74) is 5.05. The number of anilines is 1. The van der Waals surface area contributed by atoms with E-state index in [-0.39, 0.29) is 17.8 Å². The lowest BCUT2D eigenvalue weighted by Crippen LogP contribution is -2.17. The number of benzene rings is 2. The second-order valence-electron chi connectivity index (χ2n) is 9.26. The molecular weight excluding hydrogens is 568 g/mol. The number of hydrogen-bond acceptors (Lipinski definition) is 8. The lowest BCUT2D eigenvalue weighted by molar-refractivity contribution is -0.113. The van der Waals surface area contributed by atoms with Crippen LogP contribution in [-0.2, 0) is 16.1 Å². The van der Waals surface area contributed by atoms with Crippen molar-refractivity contribution in [1.29, 1.82) is 0 Å². The molecular formula is C29H31ClN4O4S2. The van der Waals surface area contributed by atoms with Crippen molar-refractivity contribution in [3.05, 3.63) is 74.9 Å². The third-order valence-corrected chi connectivity index (χ3v) is 8.41. The number of nitrogens with zero attached hydrogens (tertiary/aromatic N) is 3. The van der Waals surface area contributed by atoms with E-state index in [0.29, 0.717) is 38.9 Å². The molecule has 0 aliphatic heterocycles. The third-order valence-electron chi connectivity index (χ3n) is 6.32. The molecule has 1 amide bonds. The second kappa shape index (κ2) is 12.9. The van der Waals surface area contributed by atoms with Crippen molar-refractivity contribution in [3.63, 3.8) is 0 Å². The molecule has 4 aromatic rings. The Morgan fingerprint density at radius 3 is 2.58 bits per heavy atom. The first kappa shape index (κ1) is 29.6. The molecule has 1 N–H and O–H groups in total. The normalized spacial score (nSPS) is 11.8. The van der Waals surface area contributed by atoms with Gasteiger partial charge in [0.1, 0.15) is 16.3 Å². The predicted molar refractivity (Wildman–Crippen MR) is 161 cm³/mol. The van der Waals surface area contributed by atoms with E-state index in [2.05, 4.69) is 15.5 Å². The lowest BCUT2D eigenvalue weighted by Gasteiger charge is -2.17. The molecule has 0 aliphatic carbocycles. The van der Waals surface area contributed by atoms with Crippen LogP contribution in [0, 0.1) is 20.8 Å². The van der Waals surface area contributed by atoms with Gasteiger partial charge in [0.05, 0.1) is 12.9 Å². The lowest BCUT2D eigenvalue weighted by atomic mass is 9.97. The van der Waals surface area contributed by atoms with Crippen molar-refractivity contribution >= 4 is 51.6 Å².